The van der Waals surface area contributed by atoms with Gasteiger partial charge in [-0.15, -0.1) is 0 Å². The summed E-state index contributed by atoms with van der Waals surface area (Å²) in [4.78, 5) is 4.42. The van der Waals surface area contributed by atoms with Crippen LogP contribution in [0.3, 0.4) is 0 Å². The number of nitrogens with zero attached hydrogens (tertiary/aromatic N) is 1. The highest BCUT2D eigenvalue weighted by molar-refractivity contribution is 6.68. The van der Waals surface area contributed by atoms with Crippen molar-refractivity contribution < 1.29 is 0 Å². The van der Waals surface area contributed by atoms with Gasteiger partial charge in [-0.1, -0.05) is 54.1 Å². The molecule has 16 heavy (non-hydrogen) atoms. The van der Waals surface area contributed by atoms with E-state index in [-0.39, 0.29) is 0 Å². The monoisotopic (exact) mass is 231 g/mol. The fourth-order valence-electron chi connectivity index (χ4n) is 1.64. The van der Waals surface area contributed by atoms with Gasteiger partial charge < -0.3 is 0 Å². The minimum Gasteiger partial charge on any atom is -0.236 e. The van der Waals surface area contributed by atoms with E-state index < -0.39 is 0 Å². The molecule has 1 aromatic carbocycles. The fraction of sp³-hybridized carbons (Fsp3) is 0.214. The Morgan fingerprint density at radius 1 is 1.06 bits per heavy atom. The Kier molecular flexibility index (Phi) is 3.95. The summed E-state index contributed by atoms with van der Waals surface area (Å²) in [6.45, 7) is 0. The van der Waals surface area contributed by atoms with Crippen molar-refractivity contribution in [2.45, 2.75) is 19.3 Å². The maximum absolute atomic E-state index is 6.03. The van der Waals surface area contributed by atoms with Crippen LogP contribution in [0.5, 0.6) is 0 Å². The van der Waals surface area contributed by atoms with Crippen LogP contribution in [0.2, 0.25) is 0 Å². The van der Waals surface area contributed by atoms with Gasteiger partial charge in [0.1, 0.15) is 5.17 Å². The van der Waals surface area contributed by atoms with Crippen LogP contribution in [0.15, 0.2) is 53.6 Å². The van der Waals surface area contributed by atoms with E-state index in [1.54, 1.807) is 0 Å². The zero-order valence-electron chi connectivity index (χ0n) is 9.07. The Bertz CT molecular complexity index is 429. The Morgan fingerprint density at radius 2 is 1.88 bits per heavy atom. The summed E-state index contributed by atoms with van der Waals surface area (Å²) >= 11 is 6.03. The van der Waals surface area contributed by atoms with Crippen LogP contribution in [0.25, 0.3) is 5.70 Å². The second-order valence-corrected chi connectivity index (χ2v) is 4.11. The first-order chi connectivity index (χ1) is 7.86. The third-order valence-electron chi connectivity index (χ3n) is 2.46. The largest absolute Gasteiger partial charge is 0.236 e. The molecular formula is C14H14ClN. The van der Waals surface area contributed by atoms with Crippen LogP contribution >= 0.6 is 11.6 Å². The van der Waals surface area contributed by atoms with E-state index in [2.05, 4.69) is 29.3 Å². The average molecular weight is 232 g/mol. The van der Waals surface area contributed by atoms with Gasteiger partial charge in [-0.2, -0.15) is 0 Å². The van der Waals surface area contributed by atoms with Gasteiger partial charge in [-0.05, 0) is 30.9 Å². The molecule has 0 spiro atoms. The molecule has 1 heterocycles. The molecule has 0 N–H and O–H groups in total. The summed E-state index contributed by atoms with van der Waals surface area (Å²) < 4.78 is 0. The highest BCUT2D eigenvalue weighted by Gasteiger charge is 2.01. The molecule has 1 nitrogen and oxygen atoms in total. The van der Waals surface area contributed by atoms with Crippen LogP contribution in [0.4, 0.5) is 0 Å². The maximum atomic E-state index is 6.03. The quantitative estimate of drug-likeness (QED) is 0.679. The topological polar surface area (TPSA) is 12.4 Å². The summed E-state index contributed by atoms with van der Waals surface area (Å²) in [6.07, 6.45) is 9.36. The predicted molar refractivity (Wildman–Crippen MR) is 70.7 cm³/mol. The summed E-state index contributed by atoms with van der Waals surface area (Å²) in [6, 6.07) is 10.1. The third kappa shape index (κ3) is 3.07. The van der Waals surface area contributed by atoms with Gasteiger partial charge in [0.2, 0.25) is 0 Å². The smallest absolute Gasteiger partial charge is 0.129 e. The molecule has 1 aromatic rings. The van der Waals surface area contributed by atoms with Crippen molar-refractivity contribution in [2.75, 3.05) is 0 Å². The van der Waals surface area contributed by atoms with E-state index in [1.165, 1.54) is 0 Å². The number of halogens is 1. The first-order valence-corrected chi connectivity index (χ1v) is 5.90. The van der Waals surface area contributed by atoms with Gasteiger partial charge in [-0.25, -0.2) is 4.99 Å². The van der Waals surface area contributed by atoms with Gasteiger partial charge in [-0.3, -0.25) is 0 Å². The van der Waals surface area contributed by atoms with Crippen LogP contribution < -0.4 is 0 Å². The van der Waals surface area contributed by atoms with Crippen molar-refractivity contribution in [3.8, 4) is 0 Å². The lowest BCUT2D eigenvalue weighted by atomic mass is 10.1. The molecule has 2 heteroatoms. The molecule has 0 atom stereocenters. The third-order valence-corrected chi connectivity index (χ3v) is 2.68. The molecule has 0 radical (unpaired) electrons. The Labute approximate surface area is 101 Å². The Balaban J connectivity index is 2.34. The molecule has 0 amide bonds. The Morgan fingerprint density at radius 3 is 2.69 bits per heavy atom. The Hall–Kier alpha value is -1.34. The molecule has 0 saturated carbocycles. The first-order valence-electron chi connectivity index (χ1n) is 5.52. The average Bonchev–Trinajstić information content (AvgIpc) is 2.42. The van der Waals surface area contributed by atoms with Gasteiger partial charge in [0.05, 0.1) is 5.70 Å². The molecule has 82 valence electrons. The lowest BCUT2D eigenvalue weighted by Gasteiger charge is -2.02. The van der Waals surface area contributed by atoms with Gasteiger partial charge in [0.25, 0.3) is 0 Å². The number of benzene rings is 1. The van der Waals surface area contributed by atoms with Crippen LogP contribution in [0, 0.1) is 0 Å². The van der Waals surface area contributed by atoms with Crippen LogP contribution in [0.1, 0.15) is 24.8 Å². The van der Waals surface area contributed by atoms with Crippen molar-refractivity contribution in [1.82, 2.24) is 0 Å². The van der Waals surface area contributed by atoms with Gasteiger partial charge in [0.15, 0.2) is 0 Å². The molecule has 0 bridgehead atoms. The van der Waals surface area contributed by atoms with E-state index in [4.69, 9.17) is 11.6 Å². The zero-order chi connectivity index (χ0) is 11.2. The molecule has 0 saturated heterocycles. The minimum atomic E-state index is 0.553. The predicted octanol–water partition coefficient (Wildman–Crippen LogP) is 4.40. The van der Waals surface area contributed by atoms with E-state index >= 15 is 0 Å². The van der Waals surface area contributed by atoms with Crippen molar-refractivity contribution in [3.05, 3.63) is 54.1 Å². The van der Waals surface area contributed by atoms with Crippen molar-refractivity contribution in [3.63, 3.8) is 0 Å². The van der Waals surface area contributed by atoms with E-state index in [0.717, 1.165) is 30.5 Å². The molecular weight excluding hydrogens is 218 g/mol. The summed E-state index contributed by atoms with van der Waals surface area (Å²) in [5.74, 6) is 0. The number of aliphatic imine (C=N–C) groups is 1. The molecule has 0 aliphatic carbocycles. The highest BCUT2D eigenvalue weighted by atomic mass is 35.5. The van der Waals surface area contributed by atoms with Gasteiger partial charge >= 0.3 is 0 Å². The van der Waals surface area contributed by atoms with E-state index in [9.17, 15) is 0 Å². The minimum absolute atomic E-state index is 0.553. The normalized spacial score (nSPS) is 20.1. The van der Waals surface area contributed by atoms with Crippen molar-refractivity contribution in [2.24, 2.45) is 4.99 Å². The molecule has 0 fully saturated rings. The molecule has 1 aliphatic rings. The lowest BCUT2D eigenvalue weighted by Crippen LogP contribution is -1.85. The summed E-state index contributed by atoms with van der Waals surface area (Å²) in [7, 11) is 0. The number of hydrogen-bond donors (Lipinski definition) is 0. The summed E-state index contributed by atoms with van der Waals surface area (Å²) in [5, 5.41) is 0.553. The molecule has 0 aromatic heterocycles. The summed E-state index contributed by atoms with van der Waals surface area (Å²) in [5.41, 5.74) is 2.09. The molecule has 2 rings (SSSR count). The van der Waals surface area contributed by atoms with E-state index in [1.807, 2.05) is 24.3 Å². The second kappa shape index (κ2) is 5.66. The zero-order valence-corrected chi connectivity index (χ0v) is 9.82. The fourth-order valence-corrected chi connectivity index (χ4v) is 1.82. The molecule has 1 aliphatic heterocycles. The lowest BCUT2D eigenvalue weighted by molar-refractivity contribution is 0.870. The van der Waals surface area contributed by atoms with Gasteiger partial charge in [0, 0.05) is 0 Å². The van der Waals surface area contributed by atoms with Crippen LogP contribution in [-0.4, -0.2) is 5.17 Å². The SMILES string of the molecule is ClC1=N/C(c2ccccc2)=C/CCCC=C1. The number of hydrogen-bond acceptors (Lipinski definition) is 1. The highest BCUT2D eigenvalue weighted by Crippen LogP contribution is 2.19. The first kappa shape index (κ1) is 11.2. The standard InChI is InChI=1S/C14H14ClN/c15-14-11-7-2-1-6-10-13(16-14)12-8-4-3-5-9-12/h3-5,7-11H,1-2,6H2/b11-7?,13-10+,16-14?. The van der Waals surface area contributed by atoms with E-state index in [0.29, 0.717) is 5.17 Å². The number of rotatable bonds is 1. The molecule has 0 unspecified atom stereocenters. The number of allylic oxidation sites excluding steroid dienone is 3. The van der Waals surface area contributed by atoms with Crippen molar-refractivity contribution in [1.29, 1.82) is 0 Å². The maximum Gasteiger partial charge on any atom is 0.129 e. The van der Waals surface area contributed by atoms with Crippen molar-refractivity contribution >= 4 is 22.5 Å². The van der Waals surface area contributed by atoms with Crippen LogP contribution in [-0.2, 0) is 0 Å². The second-order valence-electron chi connectivity index (χ2n) is 3.72.